The number of amides is 2. The molecule has 35 heavy (non-hydrogen) atoms. The second-order valence-electron chi connectivity index (χ2n) is 8.55. The molecule has 0 aliphatic carbocycles. The number of halogens is 1. The van der Waals surface area contributed by atoms with E-state index in [1.165, 1.54) is 0 Å². The lowest BCUT2D eigenvalue weighted by atomic mass is 10.1. The van der Waals surface area contributed by atoms with E-state index in [0.717, 1.165) is 22.5 Å². The Bertz CT molecular complexity index is 1400. The molecule has 7 nitrogen and oxygen atoms in total. The summed E-state index contributed by atoms with van der Waals surface area (Å²) in [5.41, 5.74) is 3.11. The van der Waals surface area contributed by atoms with Gasteiger partial charge in [0.05, 0.1) is 23.8 Å². The van der Waals surface area contributed by atoms with Crippen LogP contribution in [0.25, 0.3) is 11.0 Å². The average Bonchev–Trinajstić information content (AvgIpc) is 3.44. The fraction of sp³-hybridized carbons (Fsp3) is 0.222. The quantitative estimate of drug-likeness (QED) is 0.388. The maximum atomic E-state index is 13.3. The predicted octanol–water partition coefficient (Wildman–Crippen LogP) is 4.88. The summed E-state index contributed by atoms with van der Waals surface area (Å²) in [4.78, 5) is 34.5. The van der Waals surface area contributed by atoms with Crippen LogP contribution in [0.4, 0.5) is 11.4 Å². The molecule has 1 atom stereocenters. The van der Waals surface area contributed by atoms with E-state index in [-0.39, 0.29) is 30.7 Å². The molecule has 0 saturated carbocycles. The first-order valence-electron chi connectivity index (χ1n) is 11.4. The molecule has 1 fully saturated rings. The Morgan fingerprint density at radius 1 is 1.11 bits per heavy atom. The number of para-hydroxylation sites is 3. The Morgan fingerprint density at radius 3 is 2.63 bits per heavy atom. The van der Waals surface area contributed by atoms with Crippen molar-refractivity contribution in [2.24, 2.45) is 0 Å². The van der Waals surface area contributed by atoms with Crippen molar-refractivity contribution in [1.82, 2.24) is 9.55 Å². The predicted molar refractivity (Wildman–Crippen MR) is 137 cm³/mol. The number of methoxy groups -OCH3 is 1. The normalized spacial score (nSPS) is 15.6. The highest BCUT2D eigenvalue weighted by molar-refractivity contribution is 6.31. The fourth-order valence-corrected chi connectivity index (χ4v) is 4.76. The number of carbonyl (C=O) groups excluding carboxylic acids is 2. The van der Waals surface area contributed by atoms with Gasteiger partial charge in [-0.05, 0) is 42.5 Å². The minimum absolute atomic E-state index is 0.0399. The van der Waals surface area contributed by atoms with E-state index >= 15 is 0 Å². The number of ether oxygens (including phenoxy) is 1. The lowest BCUT2D eigenvalue weighted by molar-refractivity contribution is -0.119. The fourth-order valence-electron chi connectivity index (χ4n) is 4.60. The van der Waals surface area contributed by atoms with E-state index in [1.54, 1.807) is 42.2 Å². The van der Waals surface area contributed by atoms with Crippen LogP contribution in [0.2, 0.25) is 5.02 Å². The van der Waals surface area contributed by atoms with Gasteiger partial charge >= 0.3 is 0 Å². The van der Waals surface area contributed by atoms with Gasteiger partial charge in [-0.3, -0.25) is 9.59 Å². The number of aromatic nitrogens is 2. The van der Waals surface area contributed by atoms with E-state index in [1.807, 2.05) is 59.2 Å². The average molecular weight is 489 g/mol. The molecule has 5 rings (SSSR count). The SMILES string of the molecule is COc1ccc(Cl)cc1N1C[C@@H](c2nc3ccccc3n2CC(=O)N(C)c2ccccc2)CC1=O. The van der Waals surface area contributed by atoms with Crippen LogP contribution in [0, 0.1) is 0 Å². The number of hydrogen-bond acceptors (Lipinski definition) is 4. The maximum Gasteiger partial charge on any atom is 0.246 e. The highest BCUT2D eigenvalue weighted by atomic mass is 35.5. The number of rotatable bonds is 6. The van der Waals surface area contributed by atoms with Crippen molar-refractivity contribution < 1.29 is 14.3 Å². The van der Waals surface area contributed by atoms with Gasteiger partial charge in [-0.25, -0.2) is 4.98 Å². The van der Waals surface area contributed by atoms with Gasteiger partial charge < -0.3 is 19.1 Å². The molecule has 0 spiro atoms. The summed E-state index contributed by atoms with van der Waals surface area (Å²) in [7, 11) is 3.34. The van der Waals surface area contributed by atoms with Crippen molar-refractivity contribution in [3.63, 3.8) is 0 Å². The van der Waals surface area contributed by atoms with Crippen molar-refractivity contribution in [3.05, 3.63) is 83.6 Å². The van der Waals surface area contributed by atoms with Gasteiger partial charge in [-0.1, -0.05) is 41.9 Å². The molecule has 1 saturated heterocycles. The molecular weight excluding hydrogens is 464 g/mol. The molecule has 8 heteroatoms. The summed E-state index contributed by atoms with van der Waals surface area (Å²) in [5, 5.41) is 0.527. The van der Waals surface area contributed by atoms with Crippen LogP contribution in [0.3, 0.4) is 0 Å². The van der Waals surface area contributed by atoms with E-state index < -0.39 is 0 Å². The molecule has 3 aromatic carbocycles. The van der Waals surface area contributed by atoms with Gasteiger partial charge in [0.2, 0.25) is 11.8 Å². The van der Waals surface area contributed by atoms with Crippen LogP contribution >= 0.6 is 11.6 Å². The zero-order valence-corrected chi connectivity index (χ0v) is 20.3. The van der Waals surface area contributed by atoms with Gasteiger partial charge in [0.15, 0.2) is 0 Å². The highest BCUT2D eigenvalue weighted by Crippen LogP contribution is 2.38. The minimum Gasteiger partial charge on any atom is -0.495 e. The highest BCUT2D eigenvalue weighted by Gasteiger charge is 2.36. The number of imidazole rings is 1. The first-order chi connectivity index (χ1) is 17.0. The number of hydrogen-bond donors (Lipinski definition) is 0. The number of likely N-dealkylation sites (N-methyl/N-ethyl adjacent to an activating group) is 1. The van der Waals surface area contributed by atoms with Crippen molar-refractivity contribution in [2.45, 2.75) is 18.9 Å². The van der Waals surface area contributed by atoms with Crippen LogP contribution in [0.15, 0.2) is 72.8 Å². The minimum atomic E-state index is -0.187. The summed E-state index contributed by atoms with van der Waals surface area (Å²) < 4.78 is 7.41. The first kappa shape index (κ1) is 22.9. The monoisotopic (exact) mass is 488 g/mol. The smallest absolute Gasteiger partial charge is 0.246 e. The molecule has 1 aliphatic heterocycles. The molecule has 178 valence electrons. The van der Waals surface area contributed by atoms with Crippen molar-refractivity contribution >= 4 is 45.8 Å². The van der Waals surface area contributed by atoms with Gasteiger partial charge in [-0.15, -0.1) is 0 Å². The second kappa shape index (κ2) is 9.43. The second-order valence-corrected chi connectivity index (χ2v) is 8.99. The lowest BCUT2D eigenvalue weighted by Crippen LogP contribution is -2.31. The van der Waals surface area contributed by atoms with Gasteiger partial charge in [0.25, 0.3) is 0 Å². The van der Waals surface area contributed by atoms with Gasteiger partial charge in [-0.2, -0.15) is 0 Å². The van der Waals surface area contributed by atoms with E-state index in [0.29, 0.717) is 23.0 Å². The molecular formula is C27H25ClN4O3. The zero-order valence-electron chi connectivity index (χ0n) is 19.5. The summed E-state index contributed by atoms with van der Waals surface area (Å²) in [6.45, 7) is 0.536. The van der Waals surface area contributed by atoms with Crippen LogP contribution in [-0.2, 0) is 16.1 Å². The summed E-state index contributed by atoms with van der Waals surface area (Å²) in [6.07, 6.45) is 0.279. The largest absolute Gasteiger partial charge is 0.495 e. The summed E-state index contributed by atoms with van der Waals surface area (Å²) in [6, 6.07) is 22.5. The third-order valence-corrected chi connectivity index (χ3v) is 6.65. The van der Waals surface area contributed by atoms with E-state index in [4.69, 9.17) is 21.3 Å². The van der Waals surface area contributed by atoms with Crippen molar-refractivity contribution in [2.75, 3.05) is 30.5 Å². The van der Waals surface area contributed by atoms with Crippen molar-refractivity contribution in [3.8, 4) is 5.75 Å². The summed E-state index contributed by atoms with van der Waals surface area (Å²) in [5.74, 6) is 1.00. The number of nitrogens with zero attached hydrogens (tertiary/aromatic N) is 4. The van der Waals surface area contributed by atoms with Crippen LogP contribution in [0.1, 0.15) is 18.2 Å². The summed E-state index contributed by atoms with van der Waals surface area (Å²) >= 11 is 6.22. The lowest BCUT2D eigenvalue weighted by Gasteiger charge is -2.21. The number of anilines is 2. The Morgan fingerprint density at radius 2 is 1.86 bits per heavy atom. The van der Waals surface area contributed by atoms with Gasteiger partial charge in [0, 0.05) is 36.6 Å². The van der Waals surface area contributed by atoms with E-state index in [2.05, 4.69) is 0 Å². The van der Waals surface area contributed by atoms with Crippen molar-refractivity contribution in [1.29, 1.82) is 0 Å². The standard InChI is InChI=1S/C27H25ClN4O3/c1-30(20-8-4-3-5-9-20)26(34)17-32-22-11-7-6-10-21(22)29-27(32)18-14-25(33)31(16-18)23-15-19(28)12-13-24(23)35-2/h3-13,15,18H,14,16-17H2,1-2H3/t18-/m0/s1. The molecule has 2 amide bonds. The molecule has 0 radical (unpaired) electrons. The molecule has 4 aromatic rings. The maximum absolute atomic E-state index is 13.3. The topological polar surface area (TPSA) is 67.7 Å². The molecule has 2 heterocycles. The first-order valence-corrected chi connectivity index (χ1v) is 11.7. The Balaban J connectivity index is 1.49. The Hall–Kier alpha value is -3.84. The molecule has 1 aliphatic rings. The molecule has 0 unspecified atom stereocenters. The van der Waals surface area contributed by atoms with E-state index in [9.17, 15) is 9.59 Å². The number of fused-ring (bicyclic) bond motifs is 1. The Kier molecular flexibility index (Phi) is 6.17. The zero-order chi connectivity index (χ0) is 24.5. The molecule has 1 aromatic heterocycles. The van der Waals surface area contributed by atoms with Crippen LogP contribution < -0.4 is 14.5 Å². The molecule has 0 N–H and O–H groups in total. The third-order valence-electron chi connectivity index (χ3n) is 6.42. The Labute approximate surface area is 208 Å². The number of carbonyl (C=O) groups is 2. The number of benzene rings is 3. The third kappa shape index (κ3) is 4.35. The van der Waals surface area contributed by atoms with Crippen LogP contribution in [-0.4, -0.2) is 42.1 Å². The van der Waals surface area contributed by atoms with Gasteiger partial charge in [0.1, 0.15) is 18.1 Å². The van der Waals surface area contributed by atoms with Crippen LogP contribution in [0.5, 0.6) is 5.75 Å². The molecule has 0 bridgehead atoms.